The molecule has 0 atom stereocenters. The maximum Gasteiger partial charge on any atom is 0.259 e. The summed E-state index contributed by atoms with van der Waals surface area (Å²) in [6.07, 6.45) is 1.50. The fourth-order valence-electron chi connectivity index (χ4n) is 2.87. The van der Waals surface area contributed by atoms with Crippen molar-refractivity contribution >= 4 is 40.7 Å². The minimum atomic E-state index is -0.608. The molecule has 0 spiro atoms. The molecule has 1 heterocycles. The number of nitrogens with one attached hydrogen (secondary N) is 1. The Balaban J connectivity index is 1.99. The van der Waals surface area contributed by atoms with Crippen LogP contribution in [0, 0.1) is 0 Å². The zero-order chi connectivity index (χ0) is 20.4. The summed E-state index contributed by atoms with van der Waals surface area (Å²) in [7, 11) is 0. The number of carbonyl (C=O) groups is 2. The lowest BCUT2D eigenvalue weighted by molar-refractivity contribution is 0.0996. The van der Waals surface area contributed by atoms with Gasteiger partial charge in [-0.1, -0.05) is 43.1 Å². The van der Waals surface area contributed by atoms with Crippen molar-refractivity contribution in [2.75, 3.05) is 5.32 Å². The zero-order valence-corrected chi connectivity index (χ0v) is 16.8. The molecule has 0 bridgehead atoms. The Morgan fingerprint density at radius 1 is 1.14 bits per heavy atom. The maximum absolute atomic E-state index is 12.9. The lowest BCUT2D eigenvalue weighted by Gasteiger charge is -2.14. The fourth-order valence-corrected chi connectivity index (χ4v) is 3.22. The van der Waals surface area contributed by atoms with Gasteiger partial charge in [-0.3, -0.25) is 9.59 Å². The number of hydrogen-bond donors (Lipinski definition) is 2. The topological polar surface area (TPSA) is 90.0 Å². The molecular formula is C20H18Cl2N4O2. The van der Waals surface area contributed by atoms with Crippen molar-refractivity contribution in [1.82, 2.24) is 9.78 Å². The van der Waals surface area contributed by atoms with Crippen molar-refractivity contribution in [3.8, 4) is 5.69 Å². The van der Waals surface area contributed by atoms with Gasteiger partial charge >= 0.3 is 0 Å². The summed E-state index contributed by atoms with van der Waals surface area (Å²) in [6, 6.07) is 11.7. The molecule has 8 heteroatoms. The lowest BCUT2D eigenvalue weighted by atomic mass is 10.0. The van der Waals surface area contributed by atoms with Crippen LogP contribution in [0.5, 0.6) is 0 Å². The smallest absolute Gasteiger partial charge is 0.259 e. The first kappa shape index (κ1) is 19.9. The number of rotatable bonds is 5. The number of nitrogens with two attached hydrogens (primary N) is 1. The van der Waals surface area contributed by atoms with E-state index in [1.807, 2.05) is 26.0 Å². The van der Waals surface area contributed by atoms with Gasteiger partial charge in [0.1, 0.15) is 0 Å². The van der Waals surface area contributed by atoms with Crippen LogP contribution in [0.25, 0.3) is 5.69 Å². The Labute approximate surface area is 172 Å². The van der Waals surface area contributed by atoms with E-state index in [4.69, 9.17) is 28.9 Å². The quantitative estimate of drug-likeness (QED) is 0.633. The van der Waals surface area contributed by atoms with E-state index in [1.54, 1.807) is 16.8 Å². The summed E-state index contributed by atoms with van der Waals surface area (Å²) >= 11 is 12.2. The van der Waals surface area contributed by atoms with Gasteiger partial charge in [-0.2, -0.15) is 5.10 Å². The van der Waals surface area contributed by atoms with Gasteiger partial charge in [-0.05, 0) is 42.3 Å². The molecule has 0 unspecified atom stereocenters. The van der Waals surface area contributed by atoms with Gasteiger partial charge in [0.15, 0.2) is 0 Å². The monoisotopic (exact) mass is 416 g/mol. The minimum Gasteiger partial charge on any atom is -0.366 e. The highest BCUT2D eigenvalue weighted by atomic mass is 35.5. The fraction of sp³-hybridized carbons (Fsp3) is 0.150. The van der Waals surface area contributed by atoms with Crippen LogP contribution in [0.2, 0.25) is 10.0 Å². The third-order valence-corrected chi connectivity index (χ3v) is 4.71. The summed E-state index contributed by atoms with van der Waals surface area (Å²) in [6.45, 7) is 3.94. The van der Waals surface area contributed by atoms with Crippen LogP contribution in [0.1, 0.15) is 46.2 Å². The first-order valence-electron chi connectivity index (χ1n) is 8.52. The number of primary amides is 1. The molecule has 0 saturated heterocycles. The van der Waals surface area contributed by atoms with Gasteiger partial charge < -0.3 is 11.1 Å². The van der Waals surface area contributed by atoms with E-state index >= 15 is 0 Å². The van der Waals surface area contributed by atoms with Crippen LogP contribution in [0.3, 0.4) is 0 Å². The molecule has 0 saturated carbocycles. The van der Waals surface area contributed by atoms with Crippen LogP contribution < -0.4 is 11.1 Å². The van der Waals surface area contributed by atoms with Crippen molar-refractivity contribution < 1.29 is 9.59 Å². The molecule has 28 heavy (non-hydrogen) atoms. The van der Waals surface area contributed by atoms with E-state index < -0.39 is 5.91 Å². The van der Waals surface area contributed by atoms with Crippen LogP contribution in [-0.2, 0) is 0 Å². The van der Waals surface area contributed by atoms with Crippen LogP contribution in [-0.4, -0.2) is 21.6 Å². The number of nitrogens with zero attached hydrogens (tertiary/aromatic N) is 2. The second-order valence-electron chi connectivity index (χ2n) is 6.50. The molecule has 3 rings (SSSR count). The van der Waals surface area contributed by atoms with E-state index in [2.05, 4.69) is 10.4 Å². The second kappa shape index (κ2) is 8.04. The molecule has 3 aromatic rings. The Bertz CT molecular complexity index is 1060. The van der Waals surface area contributed by atoms with Gasteiger partial charge in [0.05, 0.1) is 33.9 Å². The summed E-state index contributed by atoms with van der Waals surface area (Å²) in [5.41, 5.74) is 7.72. The van der Waals surface area contributed by atoms with Crippen LogP contribution >= 0.6 is 23.2 Å². The summed E-state index contributed by atoms with van der Waals surface area (Å²) < 4.78 is 1.69. The Morgan fingerprint density at radius 2 is 1.89 bits per heavy atom. The standard InChI is InChI=1S/C20H18Cl2N4O2/c1-11(2)18-15(10-24-26(18)14-5-3-4-13(21)9-14)20(28)25-17-8-12(19(23)27)6-7-16(17)22/h3-11H,1-2H3,(H2,23,27)(H,25,28). The first-order valence-corrected chi connectivity index (χ1v) is 9.28. The summed E-state index contributed by atoms with van der Waals surface area (Å²) in [5.74, 6) is -0.987. The normalized spacial score (nSPS) is 10.9. The van der Waals surface area contributed by atoms with Gasteiger partial charge in [-0.25, -0.2) is 4.68 Å². The molecular weight excluding hydrogens is 399 g/mol. The number of anilines is 1. The van der Waals surface area contributed by atoms with E-state index in [9.17, 15) is 9.59 Å². The van der Waals surface area contributed by atoms with Crippen molar-refractivity contribution in [3.05, 3.63) is 75.5 Å². The highest BCUT2D eigenvalue weighted by Gasteiger charge is 2.22. The third-order valence-electron chi connectivity index (χ3n) is 4.15. The Kier molecular flexibility index (Phi) is 5.72. The van der Waals surface area contributed by atoms with Gasteiger partial charge in [0.2, 0.25) is 5.91 Å². The first-order chi connectivity index (χ1) is 13.3. The predicted molar refractivity (Wildman–Crippen MR) is 111 cm³/mol. The number of amides is 2. The predicted octanol–water partition coefficient (Wildman–Crippen LogP) is 4.65. The van der Waals surface area contributed by atoms with Crippen molar-refractivity contribution in [2.24, 2.45) is 5.73 Å². The number of hydrogen-bond acceptors (Lipinski definition) is 3. The van der Waals surface area contributed by atoms with E-state index in [-0.39, 0.29) is 17.4 Å². The summed E-state index contributed by atoms with van der Waals surface area (Å²) in [4.78, 5) is 24.3. The number of halogens is 2. The molecule has 2 aromatic carbocycles. The molecule has 0 aliphatic carbocycles. The third kappa shape index (κ3) is 4.03. The van der Waals surface area contributed by atoms with Crippen molar-refractivity contribution in [1.29, 1.82) is 0 Å². The molecule has 0 fully saturated rings. The highest BCUT2D eigenvalue weighted by molar-refractivity contribution is 6.34. The van der Waals surface area contributed by atoms with Crippen molar-refractivity contribution in [3.63, 3.8) is 0 Å². The molecule has 1 aromatic heterocycles. The summed E-state index contributed by atoms with van der Waals surface area (Å²) in [5, 5.41) is 7.98. The minimum absolute atomic E-state index is 0.00894. The van der Waals surface area contributed by atoms with Gasteiger partial charge in [-0.15, -0.1) is 0 Å². The zero-order valence-electron chi connectivity index (χ0n) is 15.2. The van der Waals surface area contributed by atoms with Gasteiger partial charge in [0.25, 0.3) is 5.91 Å². The van der Waals surface area contributed by atoms with Crippen LogP contribution in [0.4, 0.5) is 5.69 Å². The van der Waals surface area contributed by atoms with E-state index in [0.717, 1.165) is 11.4 Å². The number of carbonyl (C=O) groups excluding carboxylic acids is 2. The molecule has 0 aliphatic rings. The average molecular weight is 417 g/mol. The average Bonchev–Trinajstić information content (AvgIpc) is 3.09. The second-order valence-corrected chi connectivity index (χ2v) is 7.35. The van der Waals surface area contributed by atoms with E-state index in [1.165, 1.54) is 24.4 Å². The van der Waals surface area contributed by atoms with Crippen molar-refractivity contribution in [2.45, 2.75) is 19.8 Å². The number of benzene rings is 2. The highest BCUT2D eigenvalue weighted by Crippen LogP contribution is 2.27. The number of aromatic nitrogens is 2. The lowest BCUT2D eigenvalue weighted by Crippen LogP contribution is -2.17. The molecule has 6 nitrogen and oxygen atoms in total. The molecule has 144 valence electrons. The Hall–Kier alpha value is -2.83. The SMILES string of the molecule is CC(C)c1c(C(=O)Nc2cc(C(N)=O)ccc2Cl)cnn1-c1cccc(Cl)c1. The largest absolute Gasteiger partial charge is 0.366 e. The van der Waals surface area contributed by atoms with Crippen LogP contribution in [0.15, 0.2) is 48.7 Å². The van der Waals surface area contributed by atoms with E-state index in [0.29, 0.717) is 21.3 Å². The molecule has 2 amide bonds. The molecule has 3 N–H and O–H groups in total. The van der Waals surface area contributed by atoms with Gasteiger partial charge in [0, 0.05) is 10.6 Å². The Morgan fingerprint density at radius 3 is 2.54 bits per heavy atom. The molecule has 0 radical (unpaired) electrons. The maximum atomic E-state index is 12.9. The molecule has 0 aliphatic heterocycles.